The van der Waals surface area contributed by atoms with Crippen LogP contribution in [-0.4, -0.2) is 43.4 Å². The van der Waals surface area contributed by atoms with Crippen molar-refractivity contribution in [1.29, 1.82) is 0 Å². The number of rotatable bonds is 6. The van der Waals surface area contributed by atoms with Gasteiger partial charge in [0.25, 0.3) is 10.2 Å². The number of carbonyl (C=O) groups is 1. The third-order valence-corrected chi connectivity index (χ3v) is 5.31. The molecular formula is C12H24N2O4S. The van der Waals surface area contributed by atoms with E-state index in [1.165, 1.54) is 18.2 Å². The summed E-state index contributed by atoms with van der Waals surface area (Å²) in [6.07, 6.45) is 5.00. The molecule has 0 spiro atoms. The van der Waals surface area contributed by atoms with Gasteiger partial charge in [-0.15, -0.1) is 0 Å². The largest absolute Gasteiger partial charge is 0.481 e. The van der Waals surface area contributed by atoms with Crippen LogP contribution in [0.25, 0.3) is 0 Å². The predicted octanol–water partition coefficient (Wildman–Crippen LogP) is 1.20. The molecular weight excluding hydrogens is 268 g/mol. The first kappa shape index (κ1) is 16.4. The second kappa shape index (κ2) is 6.19. The summed E-state index contributed by atoms with van der Waals surface area (Å²) in [6, 6.07) is 0.0270. The molecule has 0 aliphatic heterocycles. The van der Waals surface area contributed by atoms with E-state index in [9.17, 15) is 13.2 Å². The average Bonchev–Trinajstić information content (AvgIpc) is 2.36. The van der Waals surface area contributed by atoms with Crippen molar-refractivity contribution in [2.75, 3.05) is 13.6 Å². The average molecular weight is 292 g/mol. The summed E-state index contributed by atoms with van der Waals surface area (Å²) in [4.78, 5) is 11.0. The molecule has 1 rings (SSSR count). The van der Waals surface area contributed by atoms with E-state index in [4.69, 9.17) is 5.11 Å². The SMILES string of the molecule is CN(C1CCCCC1)S(=O)(=O)NCC(C)(C)C(=O)O. The van der Waals surface area contributed by atoms with Crippen molar-refractivity contribution < 1.29 is 18.3 Å². The van der Waals surface area contributed by atoms with E-state index in [1.54, 1.807) is 7.05 Å². The Hall–Kier alpha value is -0.660. The van der Waals surface area contributed by atoms with Gasteiger partial charge in [-0.05, 0) is 26.7 Å². The summed E-state index contributed by atoms with van der Waals surface area (Å²) < 4.78 is 28.0. The minimum Gasteiger partial charge on any atom is -0.481 e. The van der Waals surface area contributed by atoms with E-state index in [-0.39, 0.29) is 12.6 Å². The highest BCUT2D eigenvalue weighted by Gasteiger charge is 2.32. The summed E-state index contributed by atoms with van der Waals surface area (Å²) in [5.41, 5.74) is -1.11. The van der Waals surface area contributed by atoms with Gasteiger partial charge in [0, 0.05) is 19.6 Å². The number of aliphatic carboxylic acids is 1. The van der Waals surface area contributed by atoms with Crippen molar-refractivity contribution >= 4 is 16.2 Å². The summed E-state index contributed by atoms with van der Waals surface area (Å²) in [7, 11) is -2.05. The Morgan fingerprint density at radius 2 is 1.84 bits per heavy atom. The van der Waals surface area contributed by atoms with Crippen molar-refractivity contribution in [1.82, 2.24) is 9.03 Å². The van der Waals surface area contributed by atoms with Crippen LogP contribution in [0, 0.1) is 5.41 Å². The normalized spacial score (nSPS) is 18.7. The first-order chi connectivity index (χ1) is 8.67. The Morgan fingerprint density at radius 3 is 2.32 bits per heavy atom. The zero-order chi connectivity index (χ0) is 14.7. The molecule has 0 bridgehead atoms. The number of carboxylic acids is 1. The van der Waals surface area contributed by atoms with E-state index >= 15 is 0 Å². The molecule has 6 nitrogen and oxygen atoms in total. The minimum atomic E-state index is -3.61. The molecule has 7 heteroatoms. The molecule has 1 aliphatic rings. The second-order valence-corrected chi connectivity index (χ2v) is 7.64. The standard InChI is InChI=1S/C12H24N2O4S/c1-12(2,11(15)16)9-13-19(17,18)14(3)10-7-5-4-6-8-10/h10,13H,4-9H2,1-3H3,(H,15,16). The molecule has 0 atom stereocenters. The molecule has 19 heavy (non-hydrogen) atoms. The Balaban J connectivity index is 2.62. The van der Waals surface area contributed by atoms with Crippen LogP contribution in [-0.2, 0) is 15.0 Å². The molecule has 0 aromatic rings. The zero-order valence-electron chi connectivity index (χ0n) is 11.8. The molecule has 2 N–H and O–H groups in total. The molecule has 0 heterocycles. The lowest BCUT2D eigenvalue weighted by Crippen LogP contribution is -2.48. The van der Waals surface area contributed by atoms with Gasteiger partial charge in [-0.1, -0.05) is 19.3 Å². The van der Waals surface area contributed by atoms with Gasteiger partial charge in [-0.25, -0.2) is 4.72 Å². The maximum atomic E-state index is 12.1. The highest BCUT2D eigenvalue weighted by molar-refractivity contribution is 7.87. The van der Waals surface area contributed by atoms with Crippen LogP contribution in [0.5, 0.6) is 0 Å². The molecule has 112 valence electrons. The maximum Gasteiger partial charge on any atom is 0.310 e. The summed E-state index contributed by atoms with van der Waals surface area (Å²) in [5.74, 6) is -1.02. The Morgan fingerprint density at radius 1 is 1.32 bits per heavy atom. The molecule has 0 aromatic carbocycles. The zero-order valence-corrected chi connectivity index (χ0v) is 12.7. The lowest BCUT2D eigenvalue weighted by molar-refractivity contribution is -0.146. The number of hydrogen-bond donors (Lipinski definition) is 2. The second-order valence-electron chi connectivity index (χ2n) is 5.82. The van der Waals surface area contributed by atoms with Gasteiger partial charge in [0.15, 0.2) is 0 Å². The van der Waals surface area contributed by atoms with Crippen LogP contribution < -0.4 is 4.72 Å². The van der Waals surface area contributed by atoms with Gasteiger partial charge in [-0.3, -0.25) is 4.79 Å². The highest BCUT2D eigenvalue weighted by Crippen LogP contribution is 2.23. The van der Waals surface area contributed by atoms with Crippen molar-refractivity contribution in [2.45, 2.75) is 52.0 Å². The predicted molar refractivity (Wildman–Crippen MR) is 73.0 cm³/mol. The first-order valence-electron chi connectivity index (χ1n) is 6.63. The van der Waals surface area contributed by atoms with E-state index in [0.29, 0.717) is 0 Å². The van der Waals surface area contributed by atoms with E-state index in [2.05, 4.69) is 4.72 Å². The fourth-order valence-corrected chi connectivity index (χ4v) is 3.44. The Kier molecular flexibility index (Phi) is 5.34. The molecule has 1 fully saturated rings. The van der Waals surface area contributed by atoms with Gasteiger partial charge in [-0.2, -0.15) is 12.7 Å². The van der Waals surface area contributed by atoms with Crippen LogP contribution in [0.2, 0.25) is 0 Å². The smallest absolute Gasteiger partial charge is 0.310 e. The minimum absolute atomic E-state index is 0.0270. The number of carboxylic acid groups (broad SMARTS) is 1. The lowest BCUT2D eigenvalue weighted by atomic mass is 9.95. The van der Waals surface area contributed by atoms with E-state index < -0.39 is 21.6 Å². The molecule has 0 amide bonds. The van der Waals surface area contributed by atoms with Crippen LogP contribution >= 0.6 is 0 Å². The number of nitrogens with zero attached hydrogens (tertiary/aromatic N) is 1. The summed E-state index contributed by atoms with van der Waals surface area (Å²) in [5, 5.41) is 8.98. The summed E-state index contributed by atoms with van der Waals surface area (Å²) >= 11 is 0. The van der Waals surface area contributed by atoms with Crippen LogP contribution in [0.15, 0.2) is 0 Å². The fraction of sp³-hybridized carbons (Fsp3) is 0.917. The van der Waals surface area contributed by atoms with Crippen molar-refractivity contribution in [3.8, 4) is 0 Å². The molecule has 0 radical (unpaired) electrons. The van der Waals surface area contributed by atoms with Gasteiger partial charge in [0.05, 0.1) is 5.41 Å². The van der Waals surface area contributed by atoms with Crippen LogP contribution in [0.3, 0.4) is 0 Å². The van der Waals surface area contributed by atoms with Crippen molar-refractivity contribution in [3.05, 3.63) is 0 Å². The summed E-state index contributed by atoms with van der Waals surface area (Å²) in [6.45, 7) is 2.89. The van der Waals surface area contributed by atoms with Crippen molar-refractivity contribution in [3.63, 3.8) is 0 Å². The van der Waals surface area contributed by atoms with Gasteiger partial charge < -0.3 is 5.11 Å². The monoisotopic (exact) mass is 292 g/mol. The highest BCUT2D eigenvalue weighted by atomic mass is 32.2. The molecule has 0 saturated heterocycles. The van der Waals surface area contributed by atoms with Gasteiger partial charge >= 0.3 is 5.97 Å². The molecule has 0 aromatic heterocycles. The van der Waals surface area contributed by atoms with Crippen LogP contribution in [0.1, 0.15) is 46.0 Å². The molecule has 1 aliphatic carbocycles. The van der Waals surface area contributed by atoms with Gasteiger partial charge in [0.1, 0.15) is 0 Å². The van der Waals surface area contributed by atoms with E-state index in [0.717, 1.165) is 32.1 Å². The Bertz CT molecular complexity index is 413. The molecule has 1 saturated carbocycles. The fourth-order valence-electron chi connectivity index (χ4n) is 2.09. The first-order valence-corrected chi connectivity index (χ1v) is 8.07. The Labute approximate surface area is 115 Å². The number of hydrogen-bond acceptors (Lipinski definition) is 3. The van der Waals surface area contributed by atoms with E-state index in [1.807, 2.05) is 0 Å². The van der Waals surface area contributed by atoms with Crippen molar-refractivity contribution in [2.24, 2.45) is 5.41 Å². The van der Waals surface area contributed by atoms with Crippen LogP contribution in [0.4, 0.5) is 0 Å². The lowest BCUT2D eigenvalue weighted by Gasteiger charge is -2.31. The number of nitrogens with one attached hydrogen (secondary N) is 1. The third-order valence-electron chi connectivity index (χ3n) is 3.74. The quantitative estimate of drug-likeness (QED) is 0.770. The maximum absolute atomic E-state index is 12.1. The third kappa shape index (κ3) is 4.43. The van der Waals surface area contributed by atoms with Gasteiger partial charge in [0.2, 0.25) is 0 Å². The molecule has 0 unspecified atom stereocenters. The topological polar surface area (TPSA) is 86.7 Å².